The first-order valence-electron chi connectivity index (χ1n) is 9.22. The maximum atomic E-state index is 12.5. The van der Waals surface area contributed by atoms with E-state index in [1.54, 1.807) is 18.2 Å². The number of carbonyl (C=O) groups excluding carboxylic acids is 2. The van der Waals surface area contributed by atoms with Crippen LogP contribution >= 0.6 is 0 Å². The lowest BCUT2D eigenvalue weighted by atomic mass is 10.1. The number of amides is 1. The number of ether oxygens (including phenoxy) is 6. The summed E-state index contributed by atoms with van der Waals surface area (Å²) in [6.45, 7) is 0.633. The van der Waals surface area contributed by atoms with Gasteiger partial charge in [0.2, 0.25) is 0 Å². The van der Waals surface area contributed by atoms with Crippen LogP contribution in [0.15, 0.2) is 30.3 Å². The van der Waals surface area contributed by atoms with E-state index in [2.05, 4.69) is 5.32 Å². The summed E-state index contributed by atoms with van der Waals surface area (Å²) in [6.07, 6.45) is 0.784. The molecule has 1 heterocycles. The highest BCUT2D eigenvalue weighted by Gasteiger charge is 2.20. The summed E-state index contributed by atoms with van der Waals surface area (Å²) in [4.78, 5) is 24.7. The summed E-state index contributed by atoms with van der Waals surface area (Å²) in [5.41, 5.74) is 0.613. The Balaban J connectivity index is 1.63. The van der Waals surface area contributed by atoms with Crippen LogP contribution in [0.4, 0.5) is 5.69 Å². The van der Waals surface area contributed by atoms with Crippen molar-refractivity contribution in [3.8, 4) is 28.7 Å². The van der Waals surface area contributed by atoms with Gasteiger partial charge in [-0.25, -0.2) is 4.79 Å². The fourth-order valence-corrected chi connectivity index (χ4v) is 2.84. The molecule has 0 bridgehead atoms. The highest BCUT2D eigenvalue weighted by atomic mass is 16.5. The Morgan fingerprint density at radius 1 is 0.900 bits per heavy atom. The Labute approximate surface area is 173 Å². The maximum Gasteiger partial charge on any atom is 0.342 e. The number of methoxy groups -OCH3 is 3. The van der Waals surface area contributed by atoms with Crippen LogP contribution in [0.5, 0.6) is 28.7 Å². The maximum absolute atomic E-state index is 12.5. The fourth-order valence-electron chi connectivity index (χ4n) is 2.84. The van der Waals surface area contributed by atoms with E-state index < -0.39 is 18.5 Å². The summed E-state index contributed by atoms with van der Waals surface area (Å²) in [7, 11) is 4.33. The van der Waals surface area contributed by atoms with Crippen molar-refractivity contribution in [1.82, 2.24) is 0 Å². The molecule has 0 saturated carbocycles. The van der Waals surface area contributed by atoms with Crippen LogP contribution < -0.4 is 29.0 Å². The quantitative estimate of drug-likeness (QED) is 0.686. The van der Waals surface area contributed by atoms with Gasteiger partial charge in [0, 0.05) is 30.3 Å². The van der Waals surface area contributed by atoms with Gasteiger partial charge >= 0.3 is 5.97 Å². The molecule has 0 spiro atoms. The van der Waals surface area contributed by atoms with Crippen LogP contribution in [-0.2, 0) is 9.53 Å². The summed E-state index contributed by atoms with van der Waals surface area (Å²) < 4.78 is 31.9. The van der Waals surface area contributed by atoms with Gasteiger partial charge in [0.15, 0.2) is 29.6 Å². The minimum absolute atomic E-state index is 0.110. The molecule has 0 fully saturated rings. The second-order valence-corrected chi connectivity index (χ2v) is 6.24. The average Bonchev–Trinajstić information content (AvgIpc) is 3.01. The van der Waals surface area contributed by atoms with Gasteiger partial charge in [-0.1, -0.05) is 0 Å². The molecule has 2 aromatic carbocycles. The summed E-state index contributed by atoms with van der Waals surface area (Å²) in [5.74, 6) is 0.912. The lowest BCUT2D eigenvalue weighted by Crippen LogP contribution is -2.21. The van der Waals surface area contributed by atoms with E-state index in [-0.39, 0.29) is 11.3 Å². The van der Waals surface area contributed by atoms with Gasteiger partial charge in [-0.2, -0.15) is 0 Å². The number of esters is 1. The normalized spacial score (nSPS) is 12.4. The van der Waals surface area contributed by atoms with Gasteiger partial charge in [0.05, 0.1) is 34.5 Å². The summed E-state index contributed by atoms with van der Waals surface area (Å²) in [6, 6.07) is 8.01. The number of nitrogens with one attached hydrogen (secondary N) is 1. The minimum Gasteiger partial charge on any atom is -0.496 e. The first-order valence-corrected chi connectivity index (χ1v) is 9.22. The zero-order chi connectivity index (χ0) is 21.5. The molecule has 30 heavy (non-hydrogen) atoms. The van der Waals surface area contributed by atoms with Gasteiger partial charge in [-0.15, -0.1) is 0 Å². The Morgan fingerprint density at radius 3 is 2.27 bits per heavy atom. The topological polar surface area (TPSA) is 102 Å². The van der Waals surface area contributed by atoms with E-state index in [4.69, 9.17) is 28.4 Å². The van der Waals surface area contributed by atoms with Gasteiger partial charge in [-0.05, 0) is 12.1 Å². The molecule has 3 rings (SSSR count). The number of anilines is 1. The monoisotopic (exact) mass is 417 g/mol. The van der Waals surface area contributed by atoms with Crippen LogP contribution in [0, 0.1) is 0 Å². The third-order valence-corrected chi connectivity index (χ3v) is 4.29. The van der Waals surface area contributed by atoms with Crippen LogP contribution in [0.3, 0.4) is 0 Å². The highest BCUT2D eigenvalue weighted by molar-refractivity contribution is 5.97. The SMILES string of the molecule is COc1cc(OC)c(C(=O)OCC(=O)Nc2ccc3c(c2)OCCCO3)cc1OC. The van der Waals surface area contributed by atoms with E-state index in [1.165, 1.54) is 33.5 Å². The van der Waals surface area contributed by atoms with Crippen molar-refractivity contribution in [1.29, 1.82) is 0 Å². The molecule has 0 radical (unpaired) electrons. The van der Waals surface area contributed by atoms with Gasteiger partial charge in [0.25, 0.3) is 5.91 Å². The fraction of sp³-hybridized carbons (Fsp3) is 0.333. The predicted molar refractivity (Wildman–Crippen MR) is 107 cm³/mol. The average molecular weight is 417 g/mol. The Bertz CT molecular complexity index is 927. The number of hydrogen-bond donors (Lipinski definition) is 1. The molecule has 1 N–H and O–H groups in total. The summed E-state index contributed by atoms with van der Waals surface area (Å²) >= 11 is 0. The Kier molecular flexibility index (Phi) is 6.84. The Hall–Kier alpha value is -3.62. The van der Waals surface area contributed by atoms with Crippen molar-refractivity contribution in [2.75, 3.05) is 46.5 Å². The van der Waals surface area contributed by atoms with Crippen molar-refractivity contribution in [2.45, 2.75) is 6.42 Å². The second kappa shape index (κ2) is 9.73. The molecule has 0 aliphatic carbocycles. The van der Waals surface area contributed by atoms with Crippen molar-refractivity contribution in [2.24, 2.45) is 0 Å². The molecule has 9 nitrogen and oxygen atoms in total. The standard InChI is InChI=1S/C21H23NO8/c1-25-16-11-18(27-3)17(26-2)10-14(16)21(24)30-12-20(23)22-13-5-6-15-19(9-13)29-8-4-7-28-15/h5-6,9-11H,4,7-8,12H2,1-3H3,(H,22,23). The number of rotatable bonds is 7. The molecule has 2 aromatic rings. The molecule has 0 aromatic heterocycles. The third-order valence-electron chi connectivity index (χ3n) is 4.29. The molecule has 1 amide bonds. The molecule has 1 aliphatic heterocycles. The van der Waals surface area contributed by atoms with E-state index in [9.17, 15) is 9.59 Å². The minimum atomic E-state index is -0.735. The molecule has 9 heteroatoms. The van der Waals surface area contributed by atoms with Crippen LogP contribution in [0.2, 0.25) is 0 Å². The van der Waals surface area contributed by atoms with E-state index >= 15 is 0 Å². The zero-order valence-electron chi connectivity index (χ0n) is 17.0. The van der Waals surface area contributed by atoms with Crippen LogP contribution in [0.1, 0.15) is 16.8 Å². The van der Waals surface area contributed by atoms with Crippen LogP contribution in [-0.4, -0.2) is 53.0 Å². The number of benzene rings is 2. The number of fused-ring (bicyclic) bond motifs is 1. The zero-order valence-corrected chi connectivity index (χ0v) is 17.0. The van der Waals surface area contributed by atoms with Gasteiger partial charge in [-0.3, -0.25) is 4.79 Å². The molecule has 1 aliphatic rings. The number of hydrogen-bond acceptors (Lipinski definition) is 8. The molecular formula is C21H23NO8. The van der Waals surface area contributed by atoms with Crippen molar-refractivity contribution in [3.05, 3.63) is 35.9 Å². The molecular weight excluding hydrogens is 394 g/mol. The van der Waals surface area contributed by atoms with Gasteiger partial charge < -0.3 is 33.7 Å². The van der Waals surface area contributed by atoms with Crippen molar-refractivity contribution >= 4 is 17.6 Å². The number of carbonyl (C=O) groups is 2. The van der Waals surface area contributed by atoms with Crippen molar-refractivity contribution < 1.29 is 38.0 Å². The van der Waals surface area contributed by atoms with Crippen LogP contribution in [0.25, 0.3) is 0 Å². The highest BCUT2D eigenvalue weighted by Crippen LogP contribution is 2.35. The molecule has 0 atom stereocenters. The molecule has 160 valence electrons. The summed E-state index contributed by atoms with van der Waals surface area (Å²) in [5, 5.41) is 2.66. The first-order chi connectivity index (χ1) is 14.5. The second-order valence-electron chi connectivity index (χ2n) is 6.24. The van der Waals surface area contributed by atoms with Gasteiger partial charge in [0.1, 0.15) is 11.3 Å². The van der Waals surface area contributed by atoms with Crippen molar-refractivity contribution in [3.63, 3.8) is 0 Å². The third kappa shape index (κ3) is 4.86. The smallest absolute Gasteiger partial charge is 0.342 e. The lowest BCUT2D eigenvalue weighted by molar-refractivity contribution is -0.119. The Morgan fingerprint density at radius 2 is 1.57 bits per heavy atom. The first kappa shape index (κ1) is 21.1. The van der Waals surface area contributed by atoms with E-state index in [0.717, 1.165) is 6.42 Å². The van der Waals surface area contributed by atoms with E-state index in [0.29, 0.717) is 41.9 Å². The molecule has 0 unspecified atom stereocenters. The predicted octanol–water partition coefficient (Wildman–Crippen LogP) is 2.67. The molecule has 0 saturated heterocycles. The van der Waals surface area contributed by atoms with E-state index in [1.807, 2.05) is 0 Å². The lowest BCUT2D eigenvalue weighted by Gasteiger charge is -2.14. The largest absolute Gasteiger partial charge is 0.496 e.